The number of carbonyl (C=O) groups is 2. The topological polar surface area (TPSA) is 95.4 Å². The number of fused-ring (bicyclic) bond motifs is 1. The molecule has 1 atom stereocenters. The molecule has 4 heterocycles. The Kier molecular flexibility index (Phi) is 3.75. The fourth-order valence-corrected chi connectivity index (χ4v) is 3.38. The summed E-state index contributed by atoms with van der Waals surface area (Å²) in [5.41, 5.74) is 2.33. The zero-order valence-electron chi connectivity index (χ0n) is 14.7. The van der Waals surface area contributed by atoms with E-state index < -0.39 is 5.54 Å². The molecule has 0 spiro atoms. The van der Waals surface area contributed by atoms with Crippen LogP contribution < -0.4 is 5.32 Å². The van der Waals surface area contributed by atoms with Crippen LogP contribution in [0.4, 0.5) is 0 Å². The van der Waals surface area contributed by atoms with Crippen LogP contribution in [0.3, 0.4) is 0 Å². The molecule has 8 nitrogen and oxygen atoms in total. The molecule has 8 heteroatoms. The van der Waals surface area contributed by atoms with Crippen LogP contribution >= 0.6 is 0 Å². The molecule has 0 radical (unpaired) electrons. The molecule has 1 saturated heterocycles. The van der Waals surface area contributed by atoms with Gasteiger partial charge in [0, 0.05) is 36.7 Å². The maximum Gasteiger partial charge on any atom is 0.269 e. The highest BCUT2D eigenvalue weighted by molar-refractivity contribution is 5.96. The summed E-state index contributed by atoms with van der Waals surface area (Å²) in [4.78, 5) is 37.9. The Labute approximate surface area is 150 Å². The first-order valence-corrected chi connectivity index (χ1v) is 8.49. The summed E-state index contributed by atoms with van der Waals surface area (Å²) in [6.45, 7) is 4.98. The van der Waals surface area contributed by atoms with Gasteiger partial charge in [-0.1, -0.05) is 0 Å². The SMILES string of the molecule is Cc1cnc2cc(C(=O)N3CCC(C)(NC(=O)c4cnc[nH]4)C3)ccn12. The van der Waals surface area contributed by atoms with Crippen LogP contribution in [0.5, 0.6) is 0 Å². The smallest absolute Gasteiger partial charge is 0.269 e. The summed E-state index contributed by atoms with van der Waals surface area (Å²) in [7, 11) is 0. The molecule has 2 N–H and O–H groups in total. The van der Waals surface area contributed by atoms with Crippen molar-refractivity contribution in [3.05, 3.63) is 54.0 Å². The average molecular weight is 352 g/mol. The van der Waals surface area contributed by atoms with Gasteiger partial charge in [0.2, 0.25) is 0 Å². The number of hydrogen-bond donors (Lipinski definition) is 2. The predicted octanol–water partition coefficient (Wildman–Crippen LogP) is 1.40. The predicted molar refractivity (Wildman–Crippen MR) is 94.9 cm³/mol. The number of hydrogen-bond acceptors (Lipinski definition) is 4. The third-order valence-electron chi connectivity index (χ3n) is 4.86. The number of pyridine rings is 1. The molecular formula is C18H20N6O2. The van der Waals surface area contributed by atoms with Gasteiger partial charge in [-0.25, -0.2) is 9.97 Å². The Hall–Kier alpha value is -3.16. The van der Waals surface area contributed by atoms with Crippen molar-refractivity contribution >= 4 is 17.5 Å². The van der Waals surface area contributed by atoms with E-state index in [-0.39, 0.29) is 11.8 Å². The van der Waals surface area contributed by atoms with Crippen LogP contribution in [0.2, 0.25) is 0 Å². The van der Waals surface area contributed by atoms with Gasteiger partial charge in [-0.2, -0.15) is 0 Å². The molecule has 0 bridgehead atoms. The minimum atomic E-state index is -0.466. The van der Waals surface area contributed by atoms with E-state index >= 15 is 0 Å². The molecule has 1 aliphatic rings. The highest BCUT2D eigenvalue weighted by Gasteiger charge is 2.37. The van der Waals surface area contributed by atoms with Gasteiger partial charge < -0.3 is 19.6 Å². The summed E-state index contributed by atoms with van der Waals surface area (Å²) >= 11 is 0. The second kappa shape index (κ2) is 5.98. The molecule has 0 saturated carbocycles. The average Bonchev–Trinajstić information content (AvgIpc) is 3.35. The van der Waals surface area contributed by atoms with Gasteiger partial charge in [0.05, 0.1) is 18.1 Å². The lowest BCUT2D eigenvalue weighted by atomic mass is 10.0. The van der Waals surface area contributed by atoms with E-state index in [1.807, 2.05) is 30.5 Å². The first kappa shape index (κ1) is 16.3. The highest BCUT2D eigenvalue weighted by atomic mass is 16.2. The zero-order valence-corrected chi connectivity index (χ0v) is 14.7. The molecule has 3 aromatic rings. The van der Waals surface area contributed by atoms with Crippen LogP contribution in [0.1, 0.15) is 39.9 Å². The summed E-state index contributed by atoms with van der Waals surface area (Å²) in [6.07, 6.45) is 7.29. The van der Waals surface area contributed by atoms with Crippen molar-refractivity contribution in [1.82, 2.24) is 29.6 Å². The second-order valence-corrected chi connectivity index (χ2v) is 7.00. The number of carbonyl (C=O) groups excluding carboxylic acids is 2. The van der Waals surface area contributed by atoms with E-state index in [1.54, 1.807) is 17.2 Å². The van der Waals surface area contributed by atoms with E-state index in [2.05, 4.69) is 20.3 Å². The fourth-order valence-electron chi connectivity index (χ4n) is 3.38. The molecule has 0 aliphatic carbocycles. The van der Waals surface area contributed by atoms with Gasteiger partial charge in [-0.05, 0) is 32.4 Å². The van der Waals surface area contributed by atoms with Crippen LogP contribution in [0, 0.1) is 6.92 Å². The molecule has 4 rings (SSSR count). The van der Waals surface area contributed by atoms with E-state index in [4.69, 9.17) is 0 Å². The molecule has 0 aromatic carbocycles. The minimum absolute atomic E-state index is 0.0485. The molecule has 3 aromatic heterocycles. The van der Waals surface area contributed by atoms with E-state index in [9.17, 15) is 9.59 Å². The third-order valence-corrected chi connectivity index (χ3v) is 4.86. The Morgan fingerprint density at radius 3 is 2.96 bits per heavy atom. The second-order valence-electron chi connectivity index (χ2n) is 7.00. The van der Waals surface area contributed by atoms with Gasteiger partial charge in [0.15, 0.2) is 0 Å². The number of aromatic amines is 1. The number of H-pyrrole nitrogens is 1. The first-order valence-electron chi connectivity index (χ1n) is 8.49. The Bertz CT molecular complexity index is 977. The first-order chi connectivity index (χ1) is 12.5. The van der Waals surface area contributed by atoms with Gasteiger partial charge in [0.1, 0.15) is 11.3 Å². The number of imidazole rings is 2. The summed E-state index contributed by atoms with van der Waals surface area (Å²) in [5, 5.41) is 3.01. The molecule has 1 aliphatic heterocycles. The summed E-state index contributed by atoms with van der Waals surface area (Å²) in [6, 6.07) is 3.61. The molecule has 2 amide bonds. The summed E-state index contributed by atoms with van der Waals surface area (Å²) < 4.78 is 1.94. The highest BCUT2D eigenvalue weighted by Crippen LogP contribution is 2.23. The van der Waals surface area contributed by atoms with Crippen LogP contribution in [0.15, 0.2) is 37.1 Å². The third kappa shape index (κ3) is 2.83. The molecule has 1 unspecified atom stereocenters. The monoisotopic (exact) mass is 352 g/mol. The largest absolute Gasteiger partial charge is 0.344 e. The molecular weight excluding hydrogens is 332 g/mol. The van der Waals surface area contributed by atoms with Crippen molar-refractivity contribution in [2.24, 2.45) is 0 Å². The fraction of sp³-hybridized carbons (Fsp3) is 0.333. The molecule has 26 heavy (non-hydrogen) atoms. The lowest BCUT2D eigenvalue weighted by Gasteiger charge is -2.26. The number of nitrogens with zero attached hydrogens (tertiary/aromatic N) is 4. The lowest BCUT2D eigenvalue weighted by Crippen LogP contribution is -2.48. The van der Waals surface area contributed by atoms with E-state index in [1.165, 1.54) is 12.5 Å². The maximum atomic E-state index is 12.9. The Morgan fingerprint density at radius 2 is 2.19 bits per heavy atom. The maximum absolute atomic E-state index is 12.9. The van der Waals surface area contributed by atoms with Crippen molar-refractivity contribution in [3.8, 4) is 0 Å². The van der Waals surface area contributed by atoms with Crippen molar-refractivity contribution < 1.29 is 9.59 Å². The Balaban J connectivity index is 1.48. The van der Waals surface area contributed by atoms with E-state index in [0.29, 0.717) is 30.8 Å². The number of aromatic nitrogens is 4. The number of rotatable bonds is 3. The normalized spacial score (nSPS) is 19.8. The van der Waals surface area contributed by atoms with E-state index in [0.717, 1.165) is 11.3 Å². The summed E-state index contributed by atoms with van der Waals surface area (Å²) in [5.74, 6) is -0.263. The molecule has 1 fully saturated rings. The number of aryl methyl sites for hydroxylation is 1. The van der Waals surface area contributed by atoms with Crippen molar-refractivity contribution in [3.63, 3.8) is 0 Å². The van der Waals surface area contributed by atoms with Crippen LogP contribution in [-0.4, -0.2) is 54.7 Å². The van der Waals surface area contributed by atoms with Gasteiger partial charge in [-0.3, -0.25) is 9.59 Å². The Morgan fingerprint density at radius 1 is 1.35 bits per heavy atom. The number of nitrogens with one attached hydrogen (secondary N) is 2. The molecule has 134 valence electrons. The quantitative estimate of drug-likeness (QED) is 0.745. The van der Waals surface area contributed by atoms with Crippen molar-refractivity contribution in [1.29, 1.82) is 0 Å². The zero-order chi connectivity index (χ0) is 18.3. The number of amides is 2. The van der Waals surface area contributed by atoms with Gasteiger partial charge >= 0.3 is 0 Å². The van der Waals surface area contributed by atoms with Gasteiger partial charge in [-0.15, -0.1) is 0 Å². The van der Waals surface area contributed by atoms with Crippen LogP contribution in [-0.2, 0) is 0 Å². The number of likely N-dealkylation sites (tertiary alicyclic amines) is 1. The lowest BCUT2D eigenvalue weighted by molar-refractivity contribution is 0.0768. The van der Waals surface area contributed by atoms with Gasteiger partial charge in [0.25, 0.3) is 11.8 Å². The minimum Gasteiger partial charge on any atom is -0.344 e. The van der Waals surface area contributed by atoms with Crippen molar-refractivity contribution in [2.75, 3.05) is 13.1 Å². The van der Waals surface area contributed by atoms with Crippen LogP contribution in [0.25, 0.3) is 5.65 Å². The standard InChI is InChI=1S/C18H20N6O2/c1-12-8-20-15-7-13(3-5-24(12)15)17(26)23-6-4-18(2,10-23)22-16(25)14-9-19-11-21-14/h3,5,7-9,11H,4,6,10H2,1-2H3,(H,19,21)(H,22,25). The van der Waals surface area contributed by atoms with Crippen molar-refractivity contribution in [2.45, 2.75) is 25.8 Å².